The van der Waals surface area contributed by atoms with Crippen molar-refractivity contribution in [2.45, 2.75) is 33.4 Å². The maximum absolute atomic E-state index is 6.04. The SMILES string of the molecule is CCCn1ccc(CNc2cc(Cl)ccc2OCC)c1. The third-order valence-electron chi connectivity index (χ3n) is 3.02. The molecule has 1 heterocycles. The van der Waals surface area contributed by atoms with Gasteiger partial charge in [-0.05, 0) is 43.2 Å². The van der Waals surface area contributed by atoms with Gasteiger partial charge in [0.15, 0.2) is 0 Å². The first-order chi connectivity index (χ1) is 9.72. The molecule has 2 aromatic rings. The van der Waals surface area contributed by atoms with Crippen molar-refractivity contribution >= 4 is 17.3 Å². The van der Waals surface area contributed by atoms with E-state index < -0.39 is 0 Å². The van der Waals surface area contributed by atoms with Crippen molar-refractivity contribution in [3.8, 4) is 5.75 Å². The number of anilines is 1. The lowest BCUT2D eigenvalue weighted by Crippen LogP contribution is -2.02. The van der Waals surface area contributed by atoms with Gasteiger partial charge in [0.2, 0.25) is 0 Å². The molecule has 0 unspecified atom stereocenters. The maximum atomic E-state index is 6.04. The summed E-state index contributed by atoms with van der Waals surface area (Å²) in [5, 5.41) is 4.10. The Balaban J connectivity index is 2.03. The van der Waals surface area contributed by atoms with E-state index in [0.29, 0.717) is 11.6 Å². The monoisotopic (exact) mass is 292 g/mol. The van der Waals surface area contributed by atoms with Gasteiger partial charge >= 0.3 is 0 Å². The fourth-order valence-electron chi connectivity index (χ4n) is 2.11. The van der Waals surface area contributed by atoms with Gasteiger partial charge in [-0.2, -0.15) is 0 Å². The van der Waals surface area contributed by atoms with Crippen molar-refractivity contribution in [1.29, 1.82) is 0 Å². The molecule has 20 heavy (non-hydrogen) atoms. The third kappa shape index (κ3) is 3.94. The van der Waals surface area contributed by atoms with Crippen LogP contribution < -0.4 is 10.1 Å². The summed E-state index contributed by atoms with van der Waals surface area (Å²) in [6.45, 7) is 6.61. The smallest absolute Gasteiger partial charge is 0.142 e. The number of hydrogen-bond donors (Lipinski definition) is 1. The van der Waals surface area contributed by atoms with Crippen LogP contribution in [-0.2, 0) is 13.1 Å². The summed E-state index contributed by atoms with van der Waals surface area (Å²) in [6.07, 6.45) is 5.42. The van der Waals surface area contributed by atoms with E-state index in [4.69, 9.17) is 16.3 Å². The number of nitrogens with zero attached hydrogens (tertiary/aromatic N) is 1. The van der Waals surface area contributed by atoms with Crippen LogP contribution in [0.2, 0.25) is 5.02 Å². The third-order valence-corrected chi connectivity index (χ3v) is 3.25. The van der Waals surface area contributed by atoms with E-state index >= 15 is 0 Å². The van der Waals surface area contributed by atoms with Gasteiger partial charge in [-0.25, -0.2) is 0 Å². The lowest BCUT2D eigenvalue weighted by atomic mass is 10.2. The molecule has 108 valence electrons. The minimum atomic E-state index is 0.642. The summed E-state index contributed by atoms with van der Waals surface area (Å²) in [5.74, 6) is 0.838. The van der Waals surface area contributed by atoms with Gasteiger partial charge in [0.1, 0.15) is 5.75 Å². The van der Waals surface area contributed by atoms with Crippen molar-refractivity contribution in [2.75, 3.05) is 11.9 Å². The number of halogens is 1. The normalized spacial score (nSPS) is 10.6. The highest BCUT2D eigenvalue weighted by molar-refractivity contribution is 6.30. The van der Waals surface area contributed by atoms with Gasteiger partial charge in [-0.1, -0.05) is 18.5 Å². The van der Waals surface area contributed by atoms with Crippen LogP contribution >= 0.6 is 11.6 Å². The number of hydrogen-bond acceptors (Lipinski definition) is 2. The molecule has 1 aromatic carbocycles. The highest BCUT2D eigenvalue weighted by atomic mass is 35.5. The molecule has 0 saturated heterocycles. The first-order valence-corrected chi connectivity index (χ1v) is 7.41. The van der Waals surface area contributed by atoms with E-state index in [1.165, 1.54) is 5.56 Å². The number of ether oxygens (including phenoxy) is 1. The maximum Gasteiger partial charge on any atom is 0.142 e. The van der Waals surface area contributed by atoms with Gasteiger partial charge in [0.25, 0.3) is 0 Å². The standard InChI is InChI=1S/C16H21ClN2O/c1-3-8-19-9-7-13(12-19)11-18-15-10-14(17)5-6-16(15)20-4-2/h5-7,9-10,12,18H,3-4,8,11H2,1-2H3. The Morgan fingerprint density at radius 2 is 2.10 bits per heavy atom. The summed E-state index contributed by atoms with van der Waals surface area (Å²) in [7, 11) is 0. The summed E-state index contributed by atoms with van der Waals surface area (Å²) in [6, 6.07) is 7.77. The predicted octanol–water partition coefficient (Wildman–Crippen LogP) is 4.56. The summed E-state index contributed by atoms with van der Waals surface area (Å²) in [4.78, 5) is 0. The summed E-state index contributed by atoms with van der Waals surface area (Å²) >= 11 is 6.04. The molecule has 0 aliphatic heterocycles. The Kier molecular flexibility index (Phi) is 5.36. The number of aromatic nitrogens is 1. The number of nitrogens with one attached hydrogen (secondary N) is 1. The largest absolute Gasteiger partial charge is 0.492 e. The van der Waals surface area contributed by atoms with E-state index in [1.54, 1.807) is 0 Å². The molecule has 0 fully saturated rings. The van der Waals surface area contributed by atoms with Gasteiger partial charge in [0, 0.05) is 30.5 Å². The molecule has 4 heteroatoms. The van der Waals surface area contributed by atoms with Crippen LogP contribution in [0.3, 0.4) is 0 Å². The van der Waals surface area contributed by atoms with Crippen LogP contribution in [0.4, 0.5) is 5.69 Å². The van der Waals surface area contributed by atoms with Gasteiger partial charge in [0.05, 0.1) is 12.3 Å². The molecular weight excluding hydrogens is 272 g/mol. The number of benzene rings is 1. The Hall–Kier alpha value is -1.61. The molecule has 0 saturated carbocycles. The molecular formula is C16H21ClN2O. The van der Waals surface area contributed by atoms with Crippen LogP contribution in [0, 0.1) is 0 Å². The molecule has 3 nitrogen and oxygen atoms in total. The van der Waals surface area contributed by atoms with E-state index in [1.807, 2.05) is 25.1 Å². The van der Waals surface area contributed by atoms with E-state index in [9.17, 15) is 0 Å². The Bertz CT molecular complexity index is 551. The molecule has 0 aliphatic carbocycles. The van der Waals surface area contributed by atoms with E-state index in [-0.39, 0.29) is 0 Å². The quantitative estimate of drug-likeness (QED) is 0.809. The first-order valence-electron chi connectivity index (χ1n) is 7.03. The topological polar surface area (TPSA) is 26.2 Å². The Morgan fingerprint density at radius 1 is 1.25 bits per heavy atom. The second-order valence-corrected chi connectivity index (χ2v) is 5.12. The Labute approximate surface area is 125 Å². The van der Waals surface area contributed by atoms with Crippen LogP contribution in [0.15, 0.2) is 36.7 Å². The molecule has 0 radical (unpaired) electrons. The molecule has 0 amide bonds. The second-order valence-electron chi connectivity index (χ2n) is 4.68. The molecule has 0 spiro atoms. The van der Waals surface area contributed by atoms with Gasteiger partial charge < -0.3 is 14.6 Å². The molecule has 0 atom stereocenters. The van der Waals surface area contributed by atoms with E-state index in [0.717, 1.165) is 30.9 Å². The van der Waals surface area contributed by atoms with Crippen LogP contribution in [0.25, 0.3) is 0 Å². The van der Waals surface area contributed by atoms with Gasteiger partial charge in [-0.15, -0.1) is 0 Å². The fourth-order valence-corrected chi connectivity index (χ4v) is 2.28. The van der Waals surface area contributed by atoms with Crippen molar-refractivity contribution < 1.29 is 4.74 Å². The predicted molar refractivity (Wildman–Crippen MR) is 84.7 cm³/mol. The molecule has 2 rings (SSSR count). The number of aryl methyl sites for hydroxylation is 1. The number of rotatable bonds is 7. The van der Waals surface area contributed by atoms with Crippen molar-refractivity contribution in [2.24, 2.45) is 0 Å². The zero-order valence-corrected chi connectivity index (χ0v) is 12.8. The summed E-state index contributed by atoms with van der Waals surface area (Å²) in [5.41, 5.74) is 2.18. The molecule has 1 N–H and O–H groups in total. The highest BCUT2D eigenvalue weighted by Crippen LogP contribution is 2.28. The van der Waals surface area contributed by atoms with E-state index in [2.05, 4.69) is 35.3 Å². The Morgan fingerprint density at radius 3 is 2.85 bits per heavy atom. The zero-order valence-electron chi connectivity index (χ0n) is 12.0. The van der Waals surface area contributed by atoms with Crippen molar-refractivity contribution in [3.63, 3.8) is 0 Å². The lowest BCUT2D eigenvalue weighted by Gasteiger charge is -2.12. The van der Waals surface area contributed by atoms with Crippen LogP contribution in [-0.4, -0.2) is 11.2 Å². The first kappa shape index (κ1) is 14.8. The molecule has 1 aromatic heterocycles. The lowest BCUT2D eigenvalue weighted by molar-refractivity contribution is 0.341. The minimum Gasteiger partial charge on any atom is -0.492 e. The highest BCUT2D eigenvalue weighted by Gasteiger charge is 2.05. The van der Waals surface area contributed by atoms with Crippen molar-refractivity contribution in [3.05, 3.63) is 47.2 Å². The fraction of sp³-hybridized carbons (Fsp3) is 0.375. The molecule has 0 aliphatic rings. The second kappa shape index (κ2) is 7.25. The van der Waals surface area contributed by atoms with Crippen LogP contribution in [0.1, 0.15) is 25.8 Å². The summed E-state index contributed by atoms with van der Waals surface area (Å²) < 4.78 is 7.80. The average molecular weight is 293 g/mol. The zero-order chi connectivity index (χ0) is 14.4. The van der Waals surface area contributed by atoms with Gasteiger partial charge in [-0.3, -0.25) is 0 Å². The molecule has 0 bridgehead atoms. The minimum absolute atomic E-state index is 0.642. The van der Waals surface area contributed by atoms with Crippen molar-refractivity contribution in [1.82, 2.24) is 4.57 Å². The average Bonchev–Trinajstić information content (AvgIpc) is 2.87. The van der Waals surface area contributed by atoms with Crippen LogP contribution in [0.5, 0.6) is 5.75 Å².